The van der Waals surface area contributed by atoms with Crippen molar-refractivity contribution in [1.82, 2.24) is 10.2 Å². The van der Waals surface area contributed by atoms with Crippen LogP contribution in [0.3, 0.4) is 0 Å². The molecule has 3 nitrogen and oxygen atoms in total. The van der Waals surface area contributed by atoms with Crippen molar-refractivity contribution < 1.29 is 4.74 Å². The van der Waals surface area contributed by atoms with Crippen molar-refractivity contribution in [3.8, 4) is 5.88 Å². The molecule has 0 amide bonds. The topological polar surface area (TPSA) is 37.9 Å². The zero-order valence-electron chi connectivity index (χ0n) is 9.09. The summed E-state index contributed by atoms with van der Waals surface area (Å²) in [5.74, 6) is 0.661. The molecule has 0 unspecified atom stereocenters. The van der Waals surface area contributed by atoms with Crippen LogP contribution in [0.15, 0.2) is 18.2 Å². The fraction of sp³-hybridized carbons (Fsp3) is 0.364. The Labute approximate surface area is 84.1 Å². The normalized spacial score (nSPS) is 9.43. The van der Waals surface area contributed by atoms with E-state index >= 15 is 0 Å². The average Bonchev–Trinajstić information content (AvgIpc) is 2.63. The monoisotopic (exact) mass is 192 g/mol. The van der Waals surface area contributed by atoms with Gasteiger partial charge >= 0.3 is 0 Å². The molecule has 1 heterocycles. The first-order chi connectivity index (χ1) is 6.81. The first-order valence-corrected chi connectivity index (χ1v) is 4.80. The minimum atomic E-state index is 0.661. The van der Waals surface area contributed by atoms with E-state index in [0.717, 1.165) is 10.9 Å². The van der Waals surface area contributed by atoms with Crippen LogP contribution in [0.2, 0.25) is 0 Å². The third-order valence-corrected chi connectivity index (χ3v) is 1.88. The molecule has 2 rings (SSSR count). The molecule has 0 spiro atoms. The Morgan fingerprint density at radius 3 is 2.64 bits per heavy atom. The van der Waals surface area contributed by atoms with Crippen LogP contribution in [-0.2, 0) is 0 Å². The number of aromatic amines is 1. The maximum absolute atomic E-state index is 5.08. The van der Waals surface area contributed by atoms with Crippen molar-refractivity contribution >= 4 is 10.9 Å². The van der Waals surface area contributed by atoms with E-state index in [2.05, 4.69) is 16.3 Å². The van der Waals surface area contributed by atoms with Crippen molar-refractivity contribution in [3.05, 3.63) is 23.8 Å². The van der Waals surface area contributed by atoms with Crippen LogP contribution in [0.4, 0.5) is 0 Å². The maximum Gasteiger partial charge on any atom is 0.240 e. The van der Waals surface area contributed by atoms with Crippen molar-refractivity contribution in [2.24, 2.45) is 0 Å². The molecule has 0 radical (unpaired) electrons. The van der Waals surface area contributed by atoms with E-state index in [1.807, 2.05) is 32.9 Å². The number of ether oxygens (including phenoxy) is 1. The molecule has 0 saturated carbocycles. The highest BCUT2D eigenvalue weighted by Gasteiger charge is 2.03. The lowest BCUT2D eigenvalue weighted by Gasteiger charge is -1.94. The Hall–Kier alpha value is -1.51. The number of nitrogens with one attached hydrogen (secondary N) is 1. The number of fused-ring (bicyclic) bond motifs is 1. The van der Waals surface area contributed by atoms with Gasteiger partial charge < -0.3 is 4.74 Å². The van der Waals surface area contributed by atoms with Gasteiger partial charge in [-0.1, -0.05) is 25.5 Å². The summed E-state index contributed by atoms with van der Waals surface area (Å²) in [6.45, 7) is 6.05. The SMILES string of the molecule is CC.COc1n[nH]c2ccc(C)cc12. The predicted octanol–water partition coefficient (Wildman–Crippen LogP) is 2.91. The predicted molar refractivity (Wildman–Crippen MR) is 58.7 cm³/mol. The summed E-state index contributed by atoms with van der Waals surface area (Å²) in [6.07, 6.45) is 0. The zero-order valence-corrected chi connectivity index (χ0v) is 9.09. The third kappa shape index (κ3) is 1.87. The molecule has 76 valence electrons. The van der Waals surface area contributed by atoms with Crippen LogP contribution >= 0.6 is 0 Å². The van der Waals surface area contributed by atoms with Gasteiger partial charge in [0.15, 0.2) is 0 Å². The van der Waals surface area contributed by atoms with Gasteiger partial charge in [0, 0.05) is 0 Å². The Morgan fingerprint density at radius 2 is 2.00 bits per heavy atom. The standard InChI is InChI=1S/C9H10N2O.C2H6/c1-6-3-4-8-7(5-6)9(12-2)11-10-8;1-2/h3-5H,1-2H3,(H,10,11);1-2H3. The number of hydrogen-bond donors (Lipinski definition) is 1. The van der Waals surface area contributed by atoms with Crippen molar-refractivity contribution in [2.75, 3.05) is 7.11 Å². The summed E-state index contributed by atoms with van der Waals surface area (Å²) in [4.78, 5) is 0. The first-order valence-electron chi connectivity index (χ1n) is 4.80. The van der Waals surface area contributed by atoms with Gasteiger partial charge in [-0.25, -0.2) is 0 Å². The van der Waals surface area contributed by atoms with E-state index in [4.69, 9.17) is 4.74 Å². The fourth-order valence-electron chi connectivity index (χ4n) is 1.26. The second kappa shape index (κ2) is 4.65. The Kier molecular flexibility index (Phi) is 3.51. The summed E-state index contributed by atoms with van der Waals surface area (Å²) in [7, 11) is 1.62. The second-order valence-corrected chi connectivity index (χ2v) is 2.78. The summed E-state index contributed by atoms with van der Waals surface area (Å²) in [5, 5.41) is 7.94. The molecule has 0 aliphatic carbocycles. The number of benzene rings is 1. The molecule has 14 heavy (non-hydrogen) atoms. The first kappa shape index (κ1) is 10.6. The lowest BCUT2D eigenvalue weighted by atomic mass is 10.2. The Bertz CT molecular complexity index is 407. The molecule has 1 aromatic heterocycles. The average molecular weight is 192 g/mol. The van der Waals surface area contributed by atoms with Gasteiger partial charge in [0.1, 0.15) is 0 Å². The van der Waals surface area contributed by atoms with Crippen molar-refractivity contribution in [1.29, 1.82) is 0 Å². The van der Waals surface area contributed by atoms with Crippen molar-refractivity contribution in [3.63, 3.8) is 0 Å². The second-order valence-electron chi connectivity index (χ2n) is 2.78. The molecule has 0 atom stereocenters. The van der Waals surface area contributed by atoms with Crippen LogP contribution in [0.1, 0.15) is 19.4 Å². The van der Waals surface area contributed by atoms with Crippen LogP contribution < -0.4 is 4.74 Å². The molecular formula is C11H16N2O. The summed E-state index contributed by atoms with van der Waals surface area (Å²) in [6, 6.07) is 6.10. The van der Waals surface area contributed by atoms with Gasteiger partial charge in [0.25, 0.3) is 0 Å². The number of aromatic nitrogens is 2. The lowest BCUT2D eigenvalue weighted by Crippen LogP contribution is -1.82. The van der Waals surface area contributed by atoms with Gasteiger partial charge in [-0.3, -0.25) is 5.10 Å². The lowest BCUT2D eigenvalue weighted by molar-refractivity contribution is 0.401. The van der Waals surface area contributed by atoms with Gasteiger partial charge in [-0.15, -0.1) is 5.10 Å². The minimum absolute atomic E-state index is 0.661. The number of hydrogen-bond acceptors (Lipinski definition) is 2. The number of methoxy groups -OCH3 is 1. The summed E-state index contributed by atoms with van der Waals surface area (Å²) < 4.78 is 5.08. The third-order valence-electron chi connectivity index (χ3n) is 1.88. The van der Waals surface area contributed by atoms with E-state index in [1.54, 1.807) is 7.11 Å². The molecule has 1 N–H and O–H groups in total. The molecule has 0 aliphatic heterocycles. The van der Waals surface area contributed by atoms with Gasteiger partial charge in [0.2, 0.25) is 5.88 Å². The molecule has 2 aromatic rings. The highest BCUT2D eigenvalue weighted by Crippen LogP contribution is 2.22. The molecule has 1 aromatic carbocycles. The Morgan fingerprint density at radius 1 is 1.29 bits per heavy atom. The van der Waals surface area contributed by atoms with E-state index in [9.17, 15) is 0 Å². The van der Waals surface area contributed by atoms with E-state index < -0.39 is 0 Å². The fourth-order valence-corrected chi connectivity index (χ4v) is 1.26. The highest BCUT2D eigenvalue weighted by atomic mass is 16.5. The summed E-state index contributed by atoms with van der Waals surface area (Å²) >= 11 is 0. The van der Waals surface area contributed by atoms with E-state index in [-0.39, 0.29) is 0 Å². The van der Waals surface area contributed by atoms with Gasteiger partial charge in [-0.2, -0.15) is 0 Å². The molecule has 0 fully saturated rings. The van der Waals surface area contributed by atoms with Gasteiger partial charge in [-0.05, 0) is 19.1 Å². The van der Waals surface area contributed by atoms with Crippen LogP contribution in [0.25, 0.3) is 10.9 Å². The minimum Gasteiger partial charge on any atom is -0.480 e. The van der Waals surface area contributed by atoms with E-state index in [1.165, 1.54) is 5.56 Å². The van der Waals surface area contributed by atoms with E-state index in [0.29, 0.717) is 5.88 Å². The van der Waals surface area contributed by atoms with Gasteiger partial charge in [0.05, 0.1) is 18.0 Å². The molecule has 3 heteroatoms. The smallest absolute Gasteiger partial charge is 0.240 e. The largest absolute Gasteiger partial charge is 0.480 e. The highest BCUT2D eigenvalue weighted by molar-refractivity contribution is 5.84. The molecule has 0 aliphatic rings. The summed E-state index contributed by atoms with van der Waals surface area (Å²) in [5.41, 5.74) is 2.22. The molecular weight excluding hydrogens is 176 g/mol. The zero-order chi connectivity index (χ0) is 10.6. The number of rotatable bonds is 1. The van der Waals surface area contributed by atoms with Crippen LogP contribution in [-0.4, -0.2) is 17.3 Å². The van der Waals surface area contributed by atoms with Crippen molar-refractivity contribution in [2.45, 2.75) is 20.8 Å². The quantitative estimate of drug-likeness (QED) is 0.754. The number of aryl methyl sites for hydroxylation is 1. The van der Waals surface area contributed by atoms with Crippen LogP contribution in [0.5, 0.6) is 5.88 Å². The Balaban J connectivity index is 0.000000461. The maximum atomic E-state index is 5.08. The number of H-pyrrole nitrogens is 1. The van der Waals surface area contributed by atoms with Crippen LogP contribution in [0, 0.1) is 6.92 Å². The molecule has 0 bridgehead atoms. The number of nitrogens with zero attached hydrogens (tertiary/aromatic N) is 1. The molecule has 0 saturated heterocycles.